The van der Waals surface area contributed by atoms with Crippen LogP contribution in [-0.2, 0) is 0 Å². The highest BCUT2D eigenvalue weighted by Gasteiger charge is 2.38. The minimum Gasteiger partial charge on any atom is -0.618 e. The Hall–Kier alpha value is -2.13. The molecule has 0 unspecified atom stereocenters. The average molecular weight is 272 g/mol. The Morgan fingerprint density at radius 3 is 2.42 bits per heavy atom. The number of benzene rings is 2. The smallest absolute Gasteiger partial charge is 0.273 e. The lowest BCUT2D eigenvalue weighted by atomic mass is 9.99. The predicted molar refractivity (Wildman–Crippen MR) is 74.4 cm³/mol. The second-order valence-electron chi connectivity index (χ2n) is 4.42. The molecule has 0 radical (unpaired) electrons. The SMILES string of the molecule is Cc1ccccc1C1=[N+]([O-])c2c(Cl)cccc2C1=O. The molecule has 2 aromatic carbocycles. The number of Topliss-reactive ketones (excluding diaryl/α,β-unsaturated/α-hetero) is 1. The molecule has 1 aliphatic rings. The van der Waals surface area contributed by atoms with Crippen LogP contribution in [0.1, 0.15) is 21.5 Å². The zero-order valence-corrected chi connectivity index (χ0v) is 10.9. The number of hydrogen-bond acceptors (Lipinski definition) is 2. The van der Waals surface area contributed by atoms with Crippen LogP contribution in [0.2, 0.25) is 5.02 Å². The van der Waals surface area contributed by atoms with Crippen LogP contribution in [0.25, 0.3) is 0 Å². The third-order valence-corrected chi connectivity index (χ3v) is 3.56. The summed E-state index contributed by atoms with van der Waals surface area (Å²) in [6.07, 6.45) is 0. The predicted octanol–water partition coefficient (Wildman–Crippen LogP) is 3.48. The Bertz CT molecular complexity index is 735. The molecule has 0 aromatic heterocycles. The first kappa shape index (κ1) is 11.9. The number of aryl methyl sites for hydroxylation is 1. The number of carbonyl (C=O) groups is 1. The molecule has 0 saturated carbocycles. The highest BCUT2D eigenvalue weighted by Crippen LogP contribution is 2.34. The first-order chi connectivity index (χ1) is 9.11. The molecule has 94 valence electrons. The van der Waals surface area contributed by atoms with Gasteiger partial charge in [0.2, 0.25) is 5.69 Å². The Morgan fingerprint density at radius 1 is 1.05 bits per heavy atom. The maximum Gasteiger partial charge on any atom is 0.273 e. The zero-order valence-electron chi connectivity index (χ0n) is 10.2. The van der Waals surface area contributed by atoms with Gasteiger partial charge < -0.3 is 5.21 Å². The molecular formula is C15H10ClNO2. The lowest BCUT2D eigenvalue weighted by Gasteiger charge is -2.05. The molecule has 19 heavy (non-hydrogen) atoms. The highest BCUT2D eigenvalue weighted by molar-refractivity contribution is 6.53. The number of ketones is 1. The molecule has 0 amide bonds. The van der Waals surface area contributed by atoms with E-state index in [9.17, 15) is 10.0 Å². The largest absolute Gasteiger partial charge is 0.618 e. The third-order valence-electron chi connectivity index (χ3n) is 3.25. The number of fused-ring (bicyclic) bond motifs is 1. The lowest BCUT2D eigenvalue weighted by molar-refractivity contribution is -0.355. The van der Waals surface area contributed by atoms with E-state index in [1.54, 1.807) is 30.3 Å². The van der Waals surface area contributed by atoms with Crippen molar-refractivity contribution < 1.29 is 9.53 Å². The van der Waals surface area contributed by atoms with Crippen LogP contribution < -0.4 is 0 Å². The molecule has 1 aliphatic heterocycles. The van der Waals surface area contributed by atoms with Crippen molar-refractivity contribution in [1.82, 2.24) is 0 Å². The number of rotatable bonds is 1. The fourth-order valence-electron chi connectivity index (χ4n) is 2.31. The third kappa shape index (κ3) is 1.66. The average Bonchev–Trinajstić information content (AvgIpc) is 2.64. The first-order valence-corrected chi connectivity index (χ1v) is 6.22. The topological polar surface area (TPSA) is 43.1 Å². The summed E-state index contributed by atoms with van der Waals surface area (Å²) in [7, 11) is 0. The van der Waals surface area contributed by atoms with Gasteiger partial charge in [0, 0.05) is 0 Å². The summed E-state index contributed by atoms with van der Waals surface area (Å²) < 4.78 is 0.641. The summed E-state index contributed by atoms with van der Waals surface area (Å²) in [4.78, 5) is 12.4. The second kappa shape index (κ2) is 4.21. The Labute approximate surface area is 115 Å². The summed E-state index contributed by atoms with van der Waals surface area (Å²) in [6, 6.07) is 12.2. The first-order valence-electron chi connectivity index (χ1n) is 5.84. The fraction of sp³-hybridized carbons (Fsp3) is 0.0667. The number of hydrogen-bond donors (Lipinski definition) is 0. The maximum absolute atomic E-state index is 12.4. The van der Waals surface area contributed by atoms with Gasteiger partial charge in [0.15, 0.2) is 0 Å². The molecule has 0 atom stereocenters. The molecular weight excluding hydrogens is 262 g/mol. The van der Waals surface area contributed by atoms with Gasteiger partial charge in [-0.05, 0) is 30.7 Å². The van der Waals surface area contributed by atoms with Crippen LogP contribution in [-0.4, -0.2) is 16.2 Å². The number of para-hydroxylation sites is 1. The van der Waals surface area contributed by atoms with Gasteiger partial charge in [-0.15, -0.1) is 0 Å². The Morgan fingerprint density at radius 2 is 1.74 bits per heavy atom. The van der Waals surface area contributed by atoms with Crippen LogP contribution in [0.4, 0.5) is 5.69 Å². The van der Waals surface area contributed by atoms with Crippen molar-refractivity contribution >= 4 is 28.8 Å². The van der Waals surface area contributed by atoms with E-state index in [0.717, 1.165) is 5.56 Å². The molecule has 4 heteroatoms. The highest BCUT2D eigenvalue weighted by atomic mass is 35.5. The van der Waals surface area contributed by atoms with Crippen molar-refractivity contribution in [3.05, 3.63) is 69.4 Å². The lowest BCUT2D eigenvalue weighted by Crippen LogP contribution is -2.17. The Kier molecular flexibility index (Phi) is 2.64. The van der Waals surface area contributed by atoms with Crippen molar-refractivity contribution in [2.45, 2.75) is 6.92 Å². The number of halogens is 1. The normalized spacial score (nSPS) is 13.9. The Balaban J connectivity index is 2.29. The van der Waals surface area contributed by atoms with Crippen LogP contribution in [0.5, 0.6) is 0 Å². The molecule has 2 aromatic rings. The fourth-order valence-corrected chi connectivity index (χ4v) is 2.56. The maximum atomic E-state index is 12.4. The van der Waals surface area contributed by atoms with E-state index in [0.29, 0.717) is 20.9 Å². The van der Waals surface area contributed by atoms with Gasteiger partial charge in [0.25, 0.3) is 11.5 Å². The zero-order chi connectivity index (χ0) is 13.6. The quantitative estimate of drug-likeness (QED) is 0.589. The molecule has 0 N–H and O–H groups in total. The molecule has 0 fully saturated rings. The van der Waals surface area contributed by atoms with Crippen LogP contribution >= 0.6 is 11.6 Å². The minimum atomic E-state index is -0.276. The van der Waals surface area contributed by atoms with E-state index < -0.39 is 0 Å². The van der Waals surface area contributed by atoms with Crippen LogP contribution in [0.3, 0.4) is 0 Å². The van der Waals surface area contributed by atoms with Gasteiger partial charge in [-0.3, -0.25) is 4.79 Å². The summed E-state index contributed by atoms with van der Waals surface area (Å²) in [6.45, 7) is 1.87. The van der Waals surface area contributed by atoms with Gasteiger partial charge >= 0.3 is 0 Å². The van der Waals surface area contributed by atoms with Crippen molar-refractivity contribution in [2.75, 3.05) is 0 Å². The summed E-state index contributed by atoms with van der Waals surface area (Å²) in [5.74, 6) is -0.276. The standard InChI is InChI=1S/C15H10ClNO2/c1-9-5-2-3-6-10(9)14-15(18)11-7-4-8-12(16)13(11)17(14)19/h2-8H,1H3. The van der Waals surface area contributed by atoms with Crippen LogP contribution in [0, 0.1) is 12.1 Å². The molecule has 3 rings (SSSR count). The minimum absolute atomic E-state index is 0.140. The molecule has 0 saturated heterocycles. The van der Waals surface area contributed by atoms with Crippen molar-refractivity contribution in [3.63, 3.8) is 0 Å². The summed E-state index contributed by atoms with van der Waals surface area (Å²) in [5, 5.41) is 12.7. The van der Waals surface area contributed by atoms with Gasteiger partial charge in [-0.25, -0.2) is 0 Å². The van der Waals surface area contributed by atoms with Crippen molar-refractivity contribution in [3.8, 4) is 0 Å². The monoisotopic (exact) mass is 271 g/mol. The molecule has 0 aliphatic carbocycles. The number of nitrogens with zero attached hydrogens (tertiary/aromatic N) is 1. The van der Waals surface area contributed by atoms with Gasteiger partial charge in [0.05, 0.1) is 5.56 Å². The second-order valence-corrected chi connectivity index (χ2v) is 4.83. The van der Waals surface area contributed by atoms with Gasteiger partial charge in [0.1, 0.15) is 10.6 Å². The summed E-state index contributed by atoms with van der Waals surface area (Å²) >= 11 is 6.02. The molecule has 0 bridgehead atoms. The van der Waals surface area contributed by atoms with Crippen LogP contribution in [0.15, 0.2) is 42.5 Å². The van der Waals surface area contributed by atoms with E-state index in [-0.39, 0.29) is 17.2 Å². The van der Waals surface area contributed by atoms with E-state index in [1.165, 1.54) is 0 Å². The van der Waals surface area contributed by atoms with Crippen molar-refractivity contribution in [1.29, 1.82) is 0 Å². The molecule has 3 nitrogen and oxygen atoms in total. The van der Waals surface area contributed by atoms with E-state index in [4.69, 9.17) is 11.6 Å². The van der Waals surface area contributed by atoms with Crippen molar-refractivity contribution in [2.24, 2.45) is 0 Å². The molecule has 0 spiro atoms. The van der Waals surface area contributed by atoms with E-state index in [1.807, 2.05) is 19.1 Å². The van der Waals surface area contributed by atoms with Gasteiger partial charge in [-0.1, -0.05) is 35.9 Å². The van der Waals surface area contributed by atoms with E-state index >= 15 is 0 Å². The summed E-state index contributed by atoms with van der Waals surface area (Å²) in [5.41, 5.74) is 2.28. The van der Waals surface area contributed by atoms with E-state index in [2.05, 4.69) is 0 Å². The molecule has 1 heterocycles. The van der Waals surface area contributed by atoms with Gasteiger partial charge in [-0.2, -0.15) is 4.74 Å². The number of carbonyl (C=O) groups excluding carboxylic acids is 1.